The van der Waals surface area contributed by atoms with Crippen LogP contribution in [0.25, 0.3) is 10.7 Å². The molecule has 21 heavy (non-hydrogen) atoms. The number of hydrogen-bond donors (Lipinski definition) is 1. The second kappa shape index (κ2) is 6.33. The summed E-state index contributed by atoms with van der Waals surface area (Å²) in [5, 5.41) is 5.98. The maximum atomic E-state index is 11.5. The predicted octanol–water partition coefficient (Wildman–Crippen LogP) is 0.401. The van der Waals surface area contributed by atoms with Crippen LogP contribution in [0.1, 0.15) is 5.89 Å². The lowest BCUT2D eigenvalue weighted by Crippen LogP contribution is -2.49. The zero-order chi connectivity index (χ0) is 14.7. The van der Waals surface area contributed by atoms with Gasteiger partial charge < -0.3 is 15.2 Å². The lowest BCUT2D eigenvalue weighted by molar-refractivity contribution is -0.131. The summed E-state index contributed by atoms with van der Waals surface area (Å²) in [5.41, 5.74) is 5.37. The maximum absolute atomic E-state index is 11.5. The van der Waals surface area contributed by atoms with Crippen LogP contribution in [-0.4, -0.2) is 58.6 Å². The Morgan fingerprint density at radius 2 is 2.19 bits per heavy atom. The van der Waals surface area contributed by atoms with Crippen LogP contribution in [0.3, 0.4) is 0 Å². The predicted molar refractivity (Wildman–Crippen MR) is 78.5 cm³/mol. The van der Waals surface area contributed by atoms with Crippen LogP contribution < -0.4 is 5.73 Å². The topological polar surface area (TPSA) is 88.5 Å². The fourth-order valence-corrected chi connectivity index (χ4v) is 2.95. The first-order valence-electron chi connectivity index (χ1n) is 6.83. The van der Waals surface area contributed by atoms with Gasteiger partial charge >= 0.3 is 0 Å². The Morgan fingerprint density at radius 1 is 1.38 bits per heavy atom. The van der Waals surface area contributed by atoms with E-state index in [1.54, 1.807) is 16.2 Å². The molecular weight excluding hydrogens is 290 g/mol. The largest absolute Gasteiger partial charge is 0.339 e. The molecular formula is C13H17N5O2S. The van der Waals surface area contributed by atoms with Gasteiger partial charge in [-0.15, -0.1) is 11.3 Å². The van der Waals surface area contributed by atoms with E-state index in [1.807, 2.05) is 17.5 Å². The van der Waals surface area contributed by atoms with Crippen molar-refractivity contribution in [2.75, 3.05) is 32.7 Å². The molecule has 1 fully saturated rings. The van der Waals surface area contributed by atoms with Crippen molar-refractivity contribution < 1.29 is 9.32 Å². The van der Waals surface area contributed by atoms with Gasteiger partial charge in [0.25, 0.3) is 0 Å². The minimum atomic E-state index is 0.00687. The van der Waals surface area contributed by atoms with Gasteiger partial charge in [0.15, 0.2) is 0 Å². The molecule has 1 saturated heterocycles. The van der Waals surface area contributed by atoms with Gasteiger partial charge in [-0.1, -0.05) is 11.2 Å². The summed E-state index contributed by atoms with van der Waals surface area (Å²) >= 11 is 1.59. The van der Waals surface area contributed by atoms with E-state index in [4.69, 9.17) is 10.3 Å². The number of hydrogen-bond acceptors (Lipinski definition) is 7. The number of piperazine rings is 1. The van der Waals surface area contributed by atoms with Crippen molar-refractivity contribution in [1.29, 1.82) is 0 Å². The highest BCUT2D eigenvalue weighted by Crippen LogP contribution is 2.21. The molecule has 112 valence electrons. The number of amides is 1. The zero-order valence-electron chi connectivity index (χ0n) is 11.6. The summed E-state index contributed by atoms with van der Waals surface area (Å²) in [4.78, 5) is 20.9. The Balaban J connectivity index is 1.55. The molecule has 1 aliphatic heterocycles. The van der Waals surface area contributed by atoms with Crippen molar-refractivity contribution >= 4 is 17.2 Å². The second-order valence-electron chi connectivity index (χ2n) is 4.85. The fourth-order valence-electron chi connectivity index (χ4n) is 2.30. The summed E-state index contributed by atoms with van der Waals surface area (Å²) in [7, 11) is 0. The highest BCUT2D eigenvalue weighted by molar-refractivity contribution is 7.13. The van der Waals surface area contributed by atoms with Gasteiger partial charge in [-0.2, -0.15) is 4.98 Å². The lowest BCUT2D eigenvalue weighted by atomic mass is 10.3. The highest BCUT2D eigenvalue weighted by atomic mass is 32.1. The molecule has 0 atom stereocenters. The molecule has 1 aliphatic rings. The number of nitrogens with zero attached hydrogens (tertiary/aromatic N) is 4. The number of nitrogens with two attached hydrogens (primary N) is 1. The smallest absolute Gasteiger partial charge is 0.241 e. The Morgan fingerprint density at radius 3 is 2.86 bits per heavy atom. The molecule has 0 aliphatic carbocycles. The van der Waals surface area contributed by atoms with E-state index >= 15 is 0 Å². The van der Waals surface area contributed by atoms with Gasteiger partial charge in [0.1, 0.15) is 0 Å². The van der Waals surface area contributed by atoms with Gasteiger partial charge in [-0.3, -0.25) is 9.69 Å². The first kappa shape index (κ1) is 14.2. The maximum Gasteiger partial charge on any atom is 0.241 e. The number of aromatic nitrogens is 2. The van der Waals surface area contributed by atoms with Crippen LogP contribution in [0.2, 0.25) is 0 Å². The van der Waals surface area contributed by atoms with Crippen LogP contribution in [0.15, 0.2) is 22.0 Å². The number of carbonyl (C=O) groups excluding carboxylic acids is 1. The van der Waals surface area contributed by atoms with Crippen molar-refractivity contribution in [1.82, 2.24) is 19.9 Å². The standard InChI is InChI=1S/C13H17N5O2S/c14-8-12(19)18-5-3-17(4-6-18)9-11-15-13(16-20-11)10-2-1-7-21-10/h1-2,7H,3-6,8-9,14H2. The van der Waals surface area contributed by atoms with E-state index in [9.17, 15) is 4.79 Å². The van der Waals surface area contributed by atoms with Crippen LogP contribution in [-0.2, 0) is 11.3 Å². The van der Waals surface area contributed by atoms with Gasteiger partial charge in [0.2, 0.25) is 17.6 Å². The quantitative estimate of drug-likeness (QED) is 0.879. The van der Waals surface area contributed by atoms with Crippen LogP contribution >= 0.6 is 11.3 Å². The van der Waals surface area contributed by atoms with E-state index in [1.165, 1.54) is 0 Å². The van der Waals surface area contributed by atoms with Gasteiger partial charge in [-0.25, -0.2) is 0 Å². The second-order valence-corrected chi connectivity index (χ2v) is 5.80. The molecule has 2 N–H and O–H groups in total. The number of carbonyl (C=O) groups is 1. The van der Waals surface area contributed by atoms with E-state index < -0.39 is 0 Å². The minimum absolute atomic E-state index is 0.00687. The third-order valence-electron chi connectivity index (χ3n) is 3.47. The third-order valence-corrected chi connectivity index (χ3v) is 4.33. The van der Waals surface area contributed by atoms with Crippen molar-refractivity contribution in [2.45, 2.75) is 6.54 Å². The number of thiophene rings is 1. The average Bonchev–Trinajstić information content (AvgIpc) is 3.18. The highest BCUT2D eigenvalue weighted by Gasteiger charge is 2.21. The summed E-state index contributed by atoms with van der Waals surface area (Å²) in [6, 6.07) is 3.93. The third kappa shape index (κ3) is 3.29. The van der Waals surface area contributed by atoms with Gasteiger partial charge in [0, 0.05) is 26.2 Å². The molecule has 7 nitrogen and oxygen atoms in total. The molecule has 0 bridgehead atoms. The molecule has 0 radical (unpaired) electrons. The molecule has 3 rings (SSSR count). The van der Waals surface area contributed by atoms with Crippen LogP contribution in [0, 0.1) is 0 Å². The lowest BCUT2D eigenvalue weighted by Gasteiger charge is -2.33. The normalized spacial score (nSPS) is 16.3. The van der Waals surface area contributed by atoms with Crippen molar-refractivity contribution in [3.05, 3.63) is 23.4 Å². The molecule has 2 aromatic rings. The molecule has 3 heterocycles. The first-order chi connectivity index (χ1) is 10.3. The molecule has 0 spiro atoms. The zero-order valence-corrected chi connectivity index (χ0v) is 12.4. The molecule has 1 amide bonds. The molecule has 2 aromatic heterocycles. The fraction of sp³-hybridized carbons (Fsp3) is 0.462. The average molecular weight is 307 g/mol. The molecule has 8 heteroatoms. The van der Waals surface area contributed by atoms with Gasteiger partial charge in [-0.05, 0) is 11.4 Å². The van der Waals surface area contributed by atoms with E-state index in [0.717, 1.165) is 18.0 Å². The van der Waals surface area contributed by atoms with Crippen LogP contribution in [0.5, 0.6) is 0 Å². The first-order valence-corrected chi connectivity index (χ1v) is 7.71. The number of rotatable bonds is 4. The van der Waals surface area contributed by atoms with Crippen molar-refractivity contribution in [2.24, 2.45) is 5.73 Å². The van der Waals surface area contributed by atoms with Crippen molar-refractivity contribution in [3.63, 3.8) is 0 Å². The van der Waals surface area contributed by atoms with E-state index in [-0.39, 0.29) is 12.5 Å². The van der Waals surface area contributed by atoms with Crippen LogP contribution in [0.4, 0.5) is 0 Å². The summed E-state index contributed by atoms with van der Waals surface area (Å²) < 4.78 is 5.29. The monoisotopic (exact) mass is 307 g/mol. The summed E-state index contributed by atoms with van der Waals surface area (Å²) in [6.07, 6.45) is 0. The molecule has 0 unspecified atom stereocenters. The Labute approximate surface area is 126 Å². The van der Waals surface area contributed by atoms with Gasteiger partial charge in [0.05, 0.1) is 18.0 Å². The molecule has 0 aromatic carbocycles. The Bertz CT molecular complexity index is 589. The Kier molecular flexibility index (Phi) is 4.28. The van der Waals surface area contributed by atoms with Crippen molar-refractivity contribution in [3.8, 4) is 10.7 Å². The summed E-state index contributed by atoms with van der Waals surface area (Å²) in [5.74, 6) is 1.25. The SMILES string of the molecule is NCC(=O)N1CCN(Cc2nc(-c3cccs3)no2)CC1. The van der Waals surface area contributed by atoms with E-state index in [2.05, 4.69) is 15.0 Å². The summed E-state index contributed by atoms with van der Waals surface area (Å²) in [6.45, 7) is 3.67. The Hall–Kier alpha value is -1.77. The minimum Gasteiger partial charge on any atom is -0.339 e. The van der Waals surface area contributed by atoms with E-state index in [0.29, 0.717) is 31.3 Å². The molecule has 0 saturated carbocycles.